The second-order valence-electron chi connectivity index (χ2n) is 2.47. The maximum absolute atomic E-state index is 12.3. The normalized spacial score (nSPS) is 27.8. The molecule has 0 saturated heterocycles. The molecule has 0 unspecified atom stereocenters. The van der Waals surface area contributed by atoms with Gasteiger partial charge >= 0.3 is 0 Å². The smallest absolute Gasteiger partial charge is 0.0960 e. The number of hydrogen-bond acceptors (Lipinski definition) is 1. The SMILES string of the molecule is OC[C@@H]1CC=C(F)CC1. The molecule has 1 N–H and O–H groups in total. The Morgan fingerprint density at radius 1 is 1.78 bits per heavy atom. The van der Waals surface area contributed by atoms with Crippen molar-refractivity contribution < 1.29 is 9.50 Å². The van der Waals surface area contributed by atoms with E-state index in [0.717, 1.165) is 6.42 Å². The lowest BCUT2D eigenvalue weighted by Crippen LogP contribution is -2.08. The van der Waals surface area contributed by atoms with Crippen LogP contribution in [0.3, 0.4) is 0 Å². The van der Waals surface area contributed by atoms with Crippen molar-refractivity contribution in [3.05, 3.63) is 11.9 Å². The lowest BCUT2D eigenvalue weighted by atomic mass is 9.95. The monoisotopic (exact) mass is 130 g/mol. The fraction of sp³-hybridized carbons (Fsp3) is 0.714. The Bertz CT molecular complexity index is 120. The first kappa shape index (κ1) is 6.75. The molecule has 0 radical (unpaired) electrons. The number of allylic oxidation sites excluding steroid dienone is 2. The summed E-state index contributed by atoms with van der Waals surface area (Å²) < 4.78 is 12.3. The lowest BCUT2D eigenvalue weighted by molar-refractivity contribution is 0.212. The third-order valence-corrected chi connectivity index (χ3v) is 1.72. The van der Waals surface area contributed by atoms with Crippen molar-refractivity contribution in [2.24, 2.45) is 5.92 Å². The molecule has 0 fully saturated rings. The summed E-state index contributed by atoms with van der Waals surface area (Å²) in [5.74, 6) is 0.296. The second kappa shape index (κ2) is 2.97. The van der Waals surface area contributed by atoms with Gasteiger partial charge in [-0.1, -0.05) is 6.08 Å². The van der Waals surface area contributed by atoms with Crippen LogP contribution in [0.1, 0.15) is 19.3 Å². The van der Waals surface area contributed by atoms with E-state index in [0.29, 0.717) is 18.8 Å². The Labute approximate surface area is 54.2 Å². The van der Waals surface area contributed by atoms with E-state index in [2.05, 4.69) is 0 Å². The molecule has 0 amide bonds. The molecule has 0 bridgehead atoms. The third kappa shape index (κ3) is 1.79. The van der Waals surface area contributed by atoms with Gasteiger partial charge in [-0.05, 0) is 25.2 Å². The Morgan fingerprint density at radius 3 is 3.00 bits per heavy atom. The number of rotatable bonds is 1. The van der Waals surface area contributed by atoms with Crippen LogP contribution in [0.5, 0.6) is 0 Å². The van der Waals surface area contributed by atoms with Crippen LogP contribution in [0.25, 0.3) is 0 Å². The van der Waals surface area contributed by atoms with E-state index in [1.54, 1.807) is 6.08 Å². The first-order chi connectivity index (χ1) is 4.33. The lowest BCUT2D eigenvalue weighted by Gasteiger charge is -2.14. The van der Waals surface area contributed by atoms with Gasteiger partial charge in [-0.15, -0.1) is 0 Å². The van der Waals surface area contributed by atoms with Crippen molar-refractivity contribution in [1.29, 1.82) is 0 Å². The topological polar surface area (TPSA) is 20.2 Å². The van der Waals surface area contributed by atoms with Crippen LogP contribution in [0.2, 0.25) is 0 Å². The molecule has 0 aliphatic heterocycles. The Kier molecular flexibility index (Phi) is 2.22. The van der Waals surface area contributed by atoms with Crippen molar-refractivity contribution in [2.45, 2.75) is 19.3 Å². The highest BCUT2D eigenvalue weighted by Gasteiger charge is 2.12. The minimum absolute atomic E-state index is 0.0142. The zero-order chi connectivity index (χ0) is 6.69. The van der Waals surface area contributed by atoms with Gasteiger partial charge in [0, 0.05) is 6.61 Å². The molecule has 0 saturated carbocycles. The molecule has 0 heterocycles. The van der Waals surface area contributed by atoms with Crippen molar-refractivity contribution >= 4 is 0 Å². The molecule has 1 atom stereocenters. The molecule has 1 nitrogen and oxygen atoms in total. The molecular formula is C7H11FO. The summed E-state index contributed by atoms with van der Waals surface area (Å²) in [5, 5.41) is 8.63. The van der Waals surface area contributed by atoms with E-state index in [-0.39, 0.29) is 12.4 Å². The summed E-state index contributed by atoms with van der Waals surface area (Å²) in [4.78, 5) is 0. The predicted octanol–water partition coefficient (Wildman–Crippen LogP) is 1.63. The Morgan fingerprint density at radius 2 is 2.56 bits per heavy atom. The zero-order valence-corrected chi connectivity index (χ0v) is 5.31. The number of aliphatic hydroxyl groups excluding tert-OH is 1. The molecule has 52 valence electrons. The molecular weight excluding hydrogens is 119 g/mol. The highest BCUT2D eigenvalue weighted by atomic mass is 19.1. The van der Waals surface area contributed by atoms with Gasteiger partial charge < -0.3 is 5.11 Å². The van der Waals surface area contributed by atoms with E-state index in [9.17, 15) is 4.39 Å². The van der Waals surface area contributed by atoms with E-state index in [1.165, 1.54) is 0 Å². The van der Waals surface area contributed by atoms with Gasteiger partial charge in [0.15, 0.2) is 0 Å². The van der Waals surface area contributed by atoms with Crippen LogP contribution in [-0.4, -0.2) is 11.7 Å². The van der Waals surface area contributed by atoms with Crippen LogP contribution >= 0.6 is 0 Å². The van der Waals surface area contributed by atoms with Crippen LogP contribution in [0.4, 0.5) is 4.39 Å². The predicted molar refractivity (Wildman–Crippen MR) is 33.6 cm³/mol. The van der Waals surface area contributed by atoms with Crippen molar-refractivity contribution in [2.75, 3.05) is 6.61 Å². The maximum Gasteiger partial charge on any atom is 0.0960 e. The quantitative estimate of drug-likeness (QED) is 0.572. The van der Waals surface area contributed by atoms with Crippen molar-refractivity contribution in [3.8, 4) is 0 Å². The number of hydrogen-bond donors (Lipinski definition) is 1. The van der Waals surface area contributed by atoms with Gasteiger partial charge in [0.2, 0.25) is 0 Å². The van der Waals surface area contributed by atoms with Crippen molar-refractivity contribution in [3.63, 3.8) is 0 Å². The summed E-state index contributed by atoms with van der Waals surface area (Å²) in [6.07, 6.45) is 3.61. The molecule has 0 spiro atoms. The van der Waals surface area contributed by atoms with E-state index in [4.69, 9.17) is 5.11 Å². The highest BCUT2D eigenvalue weighted by Crippen LogP contribution is 2.23. The standard InChI is InChI=1S/C7H11FO/c8-7-3-1-6(5-9)2-4-7/h3,6,9H,1-2,4-5H2/t6-/m1/s1. The molecule has 1 aliphatic rings. The van der Waals surface area contributed by atoms with Crippen LogP contribution < -0.4 is 0 Å². The summed E-state index contributed by atoms with van der Waals surface area (Å²) in [7, 11) is 0. The van der Waals surface area contributed by atoms with Crippen LogP contribution in [0.15, 0.2) is 11.9 Å². The van der Waals surface area contributed by atoms with E-state index >= 15 is 0 Å². The van der Waals surface area contributed by atoms with Gasteiger partial charge in [-0.25, -0.2) is 4.39 Å². The minimum atomic E-state index is -0.0142. The van der Waals surface area contributed by atoms with E-state index < -0.39 is 0 Å². The second-order valence-corrected chi connectivity index (χ2v) is 2.47. The van der Waals surface area contributed by atoms with Crippen LogP contribution in [0, 0.1) is 5.92 Å². The molecule has 9 heavy (non-hydrogen) atoms. The summed E-state index contributed by atoms with van der Waals surface area (Å²) in [6, 6.07) is 0. The summed E-state index contributed by atoms with van der Waals surface area (Å²) >= 11 is 0. The largest absolute Gasteiger partial charge is 0.396 e. The average molecular weight is 130 g/mol. The van der Waals surface area contributed by atoms with Gasteiger partial charge in [0.1, 0.15) is 0 Å². The molecule has 2 heteroatoms. The minimum Gasteiger partial charge on any atom is -0.396 e. The number of halogens is 1. The molecule has 0 aromatic rings. The molecule has 1 rings (SSSR count). The van der Waals surface area contributed by atoms with Gasteiger partial charge in [-0.3, -0.25) is 0 Å². The fourth-order valence-corrected chi connectivity index (χ4v) is 1.02. The highest BCUT2D eigenvalue weighted by molar-refractivity contribution is 4.97. The third-order valence-electron chi connectivity index (χ3n) is 1.72. The van der Waals surface area contributed by atoms with Gasteiger partial charge in [-0.2, -0.15) is 0 Å². The zero-order valence-electron chi connectivity index (χ0n) is 5.31. The average Bonchev–Trinajstić information content (AvgIpc) is 1.90. The molecule has 1 aliphatic carbocycles. The van der Waals surface area contributed by atoms with Gasteiger partial charge in [0.05, 0.1) is 5.83 Å². The first-order valence-corrected chi connectivity index (χ1v) is 3.28. The first-order valence-electron chi connectivity index (χ1n) is 3.28. The molecule has 0 aromatic heterocycles. The summed E-state index contributed by atoms with van der Waals surface area (Å²) in [5.41, 5.74) is 0. The Hall–Kier alpha value is -0.370. The number of aliphatic hydroxyl groups is 1. The van der Waals surface area contributed by atoms with Crippen molar-refractivity contribution in [1.82, 2.24) is 0 Å². The molecule has 0 aromatic carbocycles. The van der Waals surface area contributed by atoms with E-state index in [1.807, 2.05) is 0 Å². The van der Waals surface area contributed by atoms with Gasteiger partial charge in [0.25, 0.3) is 0 Å². The maximum atomic E-state index is 12.3. The fourth-order valence-electron chi connectivity index (χ4n) is 1.02. The van der Waals surface area contributed by atoms with Crippen LogP contribution in [-0.2, 0) is 0 Å². The Balaban J connectivity index is 2.36. The summed E-state index contributed by atoms with van der Waals surface area (Å²) in [6.45, 7) is 0.198.